The van der Waals surface area contributed by atoms with E-state index < -0.39 is 180 Å². The van der Waals surface area contributed by atoms with Crippen molar-refractivity contribution in [3.8, 4) is 34.3 Å². The molecule has 682 valence electrons. The van der Waals surface area contributed by atoms with Gasteiger partial charge in [-0.15, -0.1) is 0 Å². The van der Waals surface area contributed by atoms with Crippen LogP contribution in [-0.2, 0) is 150 Å². The van der Waals surface area contributed by atoms with E-state index in [0.717, 1.165) is 32.2 Å². The molecule has 2 saturated heterocycles. The van der Waals surface area contributed by atoms with Gasteiger partial charge in [-0.3, -0.25) is 36.7 Å². The molecule has 0 aliphatic carbocycles. The van der Waals surface area contributed by atoms with Crippen molar-refractivity contribution >= 4 is 327 Å². The second-order valence-electron chi connectivity index (χ2n) is 13.8. The summed E-state index contributed by atoms with van der Waals surface area (Å²) in [6.07, 6.45) is -27.8. The maximum Gasteiger partial charge on any atom is 3.00 e. The van der Waals surface area contributed by atoms with Gasteiger partial charge in [-0.1, -0.05) is 0 Å². The minimum absolute atomic E-state index is 0. The molecule has 2 aromatic carbocycles. The molecule has 2 aliphatic rings. The van der Waals surface area contributed by atoms with Crippen molar-refractivity contribution in [3.05, 3.63) is 46.6 Å². The molecule has 120 heavy (non-hydrogen) atoms. The van der Waals surface area contributed by atoms with Crippen LogP contribution in [0.4, 0.5) is 0 Å². The van der Waals surface area contributed by atoms with Gasteiger partial charge in [-0.05, 0) is 25.1 Å². The smallest absolute Gasteiger partial charge is 2.00 e. The fraction of sp³-hybridized carbons (Fsp3) is 0.464. The van der Waals surface area contributed by atoms with Gasteiger partial charge < -0.3 is 229 Å². The summed E-state index contributed by atoms with van der Waals surface area (Å²) in [5.41, 5.74) is -1.94. The minimum Gasteiger partial charge on any atom is -2.00 e. The van der Waals surface area contributed by atoms with Crippen LogP contribution in [0.3, 0.4) is 0 Å². The Labute approximate surface area is 826 Å². The van der Waals surface area contributed by atoms with Crippen LogP contribution in [0, 0.1) is 0 Å². The topological polar surface area (TPSA) is 1580 Å². The van der Waals surface area contributed by atoms with Gasteiger partial charge in [0.05, 0.1) is 19.8 Å². The first-order chi connectivity index (χ1) is 32.2. The van der Waals surface area contributed by atoms with E-state index in [4.69, 9.17) is 28.1 Å². The van der Waals surface area contributed by atoms with Crippen molar-refractivity contribution in [1.29, 1.82) is 0 Å². The van der Waals surface area contributed by atoms with Gasteiger partial charge in [0.15, 0.2) is 35.4 Å². The summed E-state index contributed by atoms with van der Waals surface area (Å²) in [7, 11) is -39.7. The van der Waals surface area contributed by atoms with Crippen molar-refractivity contribution < 1.29 is 345 Å². The van der Waals surface area contributed by atoms with E-state index in [1.54, 1.807) is 0 Å². The molecule has 92 heteroatoms. The molecule has 2 fully saturated rings. The van der Waals surface area contributed by atoms with Gasteiger partial charge in [0.1, 0.15) is 58.7 Å². The molecule has 36 N–H and O–H groups in total. The summed E-state index contributed by atoms with van der Waals surface area (Å²) in [5.74, 6) is -3.34. The van der Waals surface area contributed by atoms with E-state index in [2.05, 4.69) is 29.3 Å². The number of hydrogen-bond donors (Lipinski definition) is 8. The predicted molar refractivity (Wildman–Crippen MR) is 356 cm³/mol. The normalized spacial score (nSPS) is 15.5. The minimum atomic E-state index is -6.07. The van der Waals surface area contributed by atoms with Crippen LogP contribution in [0.25, 0.3) is 22.3 Å². The van der Waals surface area contributed by atoms with Crippen molar-refractivity contribution in [1.82, 2.24) is 0 Å². The maximum atomic E-state index is 13.3. The molecule has 3 aromatic rings. The Morgan fingerprint density at radius 1 is 0.350 bits per heavy atom. The van der Waals surface area contributed by atoms with Crippen LogP contribution in [0.2, 0.25) is 0 Å². The number of fused-ring (bicyclic) bond motifs is 1. The van der Waals surface area contributed by atoms with Crippen molar-refractivity contribution in [3.63, 3.8) is 0 Å². The third-order valence-corrected chi connectivity index (χ3v) is 12.0. The van der Waals surface area contributed by atoms with Gasteiger partial charge in [0.25, 0.3) is 0 Å². The standard InChI is InChI=1S/C28H32O36S7.14Al.28H2O.7O/c1-10-21(59-66(34,35)36)23(61-68(40,41)42)25(63-70(46,47)48)27(54-10)53-9-19-22(60-67(37,38)39)24(62-69(43,44)45)26(64-71(49,50)51)28(57-19)55-12-6-13(29)20-14(30)8-16(56-18(20)7-12)11-3-4-15(52-2)17(5-11)58-65(31,32)33;;;;;;;;;;;;;;;;;;;;;;;;;;;;;;;;;;;;;;;;;;;;;;;;;/h3-8,10,19,21-29H,9H2,1-2H3,(H,31,32,33)(H,34,35,36)(H,37,38,39)(H,40,41,42)(H,43,44,45)(H,46,47,48)(H,49,50,51);;;;;;;;;;;;;;;28*1H2;;;;;;;/q;14*+3;;;;;;;;;;;;;;;;;;;;;;;;;;;;;7*-2/p-28/t10-,19+,21-,22+,23+,24-,25+,26+,27+,28+;;;;;;;;;;;;;;;;;;;;;;;;;;;;;;;;;;;;;;;;;;;;;;;;;/m0................................................./s1. The molecule has 2 aliphatic heterocycles. The van der Waals surface area contributed by atoms with E-state index in [1.165, 1.54) is 6.07 Å². The molecule has 0 radical (unpaired) electrons. The first-order valence-electron chi connectivity index (χ1n) is 17.9. The van der Waals surface area contributed by atoms with Crippen LogP contribution in [0.5, 0.6) is 23.0 Å². The maximum absolute atomic E-state index is 13.3. The van der Waals surface area contributed by atoms with Gasteiger partial charge in [0.2, 0.25) is 6.29 Å². The Kier molecular flexibility index (Phi) is 299. The predicted octanol–water partition coefficient (Wildman–Crippen LogP) is -13.8. The SMILES string of the molecule is COc1ccc(-c2cc(=O)c3c(O)cc(O[C@@H]4O[C@H](CO[C@@H]5O[C@@H](C)[C@H](OS(=O)(=O)O)[C@@H](OS(=O)(=O)O)[C@H]5OS(=O)(=O)O)[C@@H](OS(=O)(=O)O)[C@H](OS(=O)(=O)O)[C@H]4OS(=O)(=O)O)cc3o2)cc1OS(=O)(=O)O.[Al+3].[Al+3].[Al+3].[Al+3].[Al+3].[Al+3].[Al+3].[Al+3].[Al+3].[Al+3].[Al+3].[Al+3].[Al+3].[Al+3].[O-2].[O-2].[O-2].[O-2].[O-2].[O-2].[O-2].[OH-].[OH-].[OH-].[OH-].[OH-].[OH-].[OH-].[OH-].[OH-].[OH-].[OH-].[OH-].[OH-].[OH-].[OH-].[OH-].[OH-].[OH-].[OH-].[OH-].[OH-].[OH-].[OH-].[OH-].[OH-].[OH-].[OH-].[OH-]. The van der Waals surface area contributed by atoms with E-state index in [-0.39, 0.29) is 446 Å². The van der Waals surface area contributed by atoms with Gasteiger partial charge in [-0.2, -0.15) is 58.9 Å². The van der Waals surface area contributed by atoms with E-state index in [0.29, 0.717) is 12.1 Å². The summed E-state index contributed by atoms with van der Waals surface area (Å²) < 4.78 is 296. The average molecular weight is 2130 g/mol. The van der Waals surface area contributed by atoms with Crippen LogP contribution in [0.1, 0.15) is 6.92 Å². The molecular formula is C28H60Al14O71S7. The number of hydrogen-bond acceptors (Lipinski definition) is 57. The number of aromatic hydroxyl groups is 1. The van der Waals surface area contributed by atoms with Crippen LogP contribution in [-0.4, -0.2) is 567 Å². The molecule has 10 atom stereocenters. The van der Waals surface area contributed by atoms with Crippen LogP contribution < -0.4 is 19.1 Å². The monoisotopic (exact) mass is 2130 g/mol. The Balaban J connectivity index is -0.0000000267. The Morgan fingerprint density at radius 2 is 0.633 bits per heavy atom. The number of rotatable bonds is 21. The molecule has 5 rings (SSSR count). The molecule has 0 unspecified atom stereocenters. The summed E-state index contributed by atoms with van der Waals surface area (Å²) >= 11 is 0. The number of ether oxygens (including phenoxy) is 5. The molecule has 1 aromatic heterocycles. The summed E-state index contributed by atoms with van der Waals surface area (Å²) in [5, 5.41) is 10.3. The fourth-order valence-corrected chi connectivity index (χ4v) is 9.90. The van der Waals surface area contributed by atoms with Crippen molar-refractivity contribution in [2.24, 2.45) is 0 Å². The summed E-state index contributed by atoms with van der Waals surface area (Å²) in [6, 6.07) is 5.11. The van der Waals surface area contributed by atoms with Gasteiger partial charge in [-0.25, -0.2) is 25.1 Å². The van der Waals surface area contributed by atoms with Crippen LogP contribution >= 0.6 is 0 Å². The van der Waals surface area contributed by atoms with E-state index >= 15 is 0 Å². The molecule has 3 heterocycles. The van der Waals surface area contributed by atoms with Gasteiger partial charge in [0, 0.05) is 23.8 Å². The average Bonchev–Trinajstić information content (AvgIpc) is 3.15. The van der Waals surface area contributed by atoms with Crippen molar-refractivity contribution in [2.45, 2.75) is 68.3 Å². The molecule has 0 bridgehead atoms. The molecule has 0 saturated carbocycles. The largest absolute Gasteiger partial charge is 3.00 e. The Hall–Kier alpha value is 1.91. The van der Waals surface area contributed by atoms with Gasteiger partial charge >= 0.3 is 316 Å². The second-order valence-corrected chi connectivity index (χ2v) is 21.1. The van der Waals surface area contributed by atoms with E-state index in [1.807, 2.05) is 0 Å². The Bertz CT molecular complexity index is 3440. The number of phenolic OH excluding ortho intramolecular Hbond substituents is 1. The zero-order valence-electron chi connectivity index (χ0n) is 57.8. The molecule has 71 nitrogen and oxygen atoms in total. The third kappa shape index (κ3) is 96.0. The molecule has 0 amide bonds. The summed E-state index contributed by atoms with van der Waals surface area (Å²) in [4.78, 5) is 13.3. The zero-order chi connectivity index (χ0) is 53.6. The Morgan fingerprint density at radius 3 is 0.933 bits per heavy atom. The van der Waals surface area contributed by atoms with E-state index in [9.17, 15) is 101 Å². The van der Waals surface area contributed by atoms with Crippen molar-refractivity contribution in [2.75, 3.05) is 13.7 Å². The van der Waals surface area contributed by atoms with Crippen LogP contribution in [0.15, 0.2) is 45.6 Å². The molecular weight excluding hydrogens is 2070 g/mol. The fourth-order valence-electron chi connectivity index (χ4n) is 6.52. The third-order valence-electron chi connectivity index (χ3n) is 8.82. The first-order valence-corrected chi connectivity index (χ1v) is 27.4. The number of phenols is 1. The quantitative estimate of drug-likeness (QED) is 0.0363. The molecule has 0 spiro atoms. The summed E-state index contributed by atoms with van der Waals surface area (Å²) in [6.45, 7) is -0.882. The zero-order valence-corrected chi connectivity index (χ0v) is 79.7. The number of benzene rings is 2. The first kappa shape index (κ1) is 301. The second kappa shape index (κ2) is 119. The number of methoxy groups -OCH3 is 1.